The van der Waals surface area contributed by atoms with Crippen molar-refractivity contribution in [3.05, 3.63) is 18.3 Å². The van der Waals surface area contributed by atoms with Gasteiger partial charge in [-0.05, 0) is 12.6 Å². The van der Waals surface area contributed by atoms with Gasteiger partial charge in [0, 0.05) is 38.9 Å². The van der Waals surface area contributed by atoms with E-state index in [4.69, 9.17) is 4.74 Å². The van der Waals surface area contributed by atoms with Crippen LogP contribution < -0.4 is 10.0 Å². The number of anilines is 1. The van der Waals surface area contributed by atoms with Crippen molar-refractivity contribution < 1.29 is 13.2 Å². The SMILES string of the molecule is CCN1CCOC(CNS(=O)(=O)c2ccnc(NC)c2)C1. The first-order valence-electron chi connectivity index (χ1n) is 7.02. The molecule has 8 heteroatoms. The molecule has 1 aliphatic rings. The zero-order valence-electron chi connectivity index (χ0n) is 12.4. The normalized spacial score (nSPS) is 20.4. The van der Waals surface area contributed by atoms with Gasteiger partial charge in [-0.1, -0.05) is 6.92 Å². The molecule has 0 bridgehead atoms. The minimum atomic E-state index is -3.54. The van der Waals surface area contributed by atoms with Gasteiger partial charge in [-0.15, -0.1) is 0 Å². The van der Waals surface area contributed by atoms with Crippen LogP contribution in [0, 0.1) is 0 Å². The molecule has 1 atom stereocenters. The smallest absolute Gasteiger partial charge is 0.240 e. The highest BCUT2D eigenvalue weighted by atomic mass is 32.2. The summed E-state index contributed by atoms with van der Waals surface area (Å²) >= 11 is 0. The molecule has 1 aromatic heterocycles. The number of morpholine rings is 1. The van der Waals surface area contributed by atoms with Gasteiger partial charge in [-0.2, -0.15) is 0 Å². The van der Waals surface area contributed by atoms with Crippen LogP contribution in [-0.4, -0.2) is 64.2 Å². The van der Waals surface area contributed by atoms with Crippen LogP contribution in [0.3, 0.4) is 0 Å². The van der Waals surface area contributed by atoms with Gasteiger partial charge < -0.3 is 10.1 Å². The molecule has 0 aromatic carbocycles. The van der Waals surface area contributed by atoms with Gasteiger partial charge in [0.1, 0.15) is 5.82 Å². The number of likely N-dealkylation sites (N-methyl/N-ethyl adjacent to an activating group) is 1. The van der Waals surface area contributed by atoms with Gasteiger partial charge in [0.05, 0.1) is 17.6 Å². The van der Waals surface area contributed by atoms with Crippen molar-refractivity contribution in [2.24, 2.45) is 0 Å². The average Bonchev–Trinajstić information content (AvgIpc) is 2.53. The Morgan fingerprint density at radius 2 is 2.33 bits per heavy atom. The molecule has 2 heterocycles. The number of pyridine rings is 1. The Labute approximate surface area is 125 Å². The number of hydrogen-bond acceptors (Lipinski definition) is 6. The summed E-state index contributed by atoms with van der Waals surface area (Å²) in [4.78, 5) is 6.45. The molecule has 2 N–H and O–H groups in total. The minimum Gasteiger partial charge on any atom is -0.374 e. The molecular weight excluding hydrogens is 292 g/mol. The van der Waals surface area contributed by atoms with Crippen LogP contribution in [0.1, 0.15) is 6.92 Å². The van der Waals surface area contributed by atoms with E-state index in [1.807, 2.05) is 0 Å². The Hall–Kier alpha value is -1.22. The van der Waals surface area contributed by atoms with E-state index in [0.717, 1.165) is 19.6 Å². The monoisotopic (exact) mass is 314 g/mol. The molecule has 1 saturated heterocycles. The first-order chi connectivity index (χ1) is 10.0. The Bertz CT molecular complexity index is 564. The van der Waals surface area contributed by atoms with E-state index in [0.29, 0.717) is 12.4 Å². The molecule has 1 fully saturated rings. The van der Waals surface area contributed by atoms with E-state index in [-0.39, 0.29) is 17.5 Å². The van der Waals surface area contributed by atoms with Gasteiger partial charge in [0.2, 0.25) is 10.0 Å². The summed E-state index contributed by atoms with van der Waals surface area (Å²) in [6.45, 7) is 5.59. The third-order valence-corrected chi connectivity index (χ3v) is 4.89. The maximum absolute atomic E-state index is 12.3. The molecule has 0 amide bonds. The Balaban J connectivity index is 1.97. The molecule has 1 aliphatic heterocycles. The molecule has 0 saturated carbocycles. The predicted molar refractivity (Wildman–Crippen MR) is 80.8 cm³/mol. The molecule has 0 radical (unpaired) electrons. The van der Waals surface area contributed by atoms with Crippen molar-refractivity contribution in [3.8, 4) is 0 Å². The predicted octanol–water partition coefficient (Wildman–Crippen LogP) is 0.122. The van der Waals surface area contributed by atoms with Crippen molar-refractivity contribution in [2.45, 2.75) is 17.9 Å². The van der Waals surface area contributed by atoms with Crippen molar-refractivity contribution in [3.63, 3.8) is 0 Å². The highest BCUT2D eigenvalue weighted by Gasteiger charge is 2.22. The second-order valence-electron chi connectivity index (χ2n) is 4.86. The van der Waals surface area contributed by atoms with Crippen LogP contribution >= 0.6 is 0 Å². The molecule has 7 nitrogen and oxygen atoms in total. The van der Waals surface area contributed by atoms with Crippen LogP contribution in [0.5, 0.6) is 0 Å². The van der Waals surface area contributed by atoms with E-state index >= 15 is 0 Å². The number of ether oxygens (including phenoxy) is 1. The molecule has 0 aliphatic carbocycles. The van der Waals surface area contributed by atoms with Gasteiger partial charge >= 0.3 is 0 Å². The number of sulfonamides is 1. The molecule has 2 rings (SSSR count). The van der Waals surface area contributed by atoms with Crippen molar-refractivity contribution >= 4 is 15.8 Å². The van der Waals surface area contributed by atoms with Gasteiger partial charge in [-0.3, -0.25) is 4.90 Å². The fourth-order valence-corrected chi connectivity index (χ4v) is 3.27. The maximum Gasteiger partial charge on any atom is 0.240 e. The van der Waals surface area contributed by atoms with Gasteiger partial charge in [0.25, 0.3) is 0 Å². The van der Waals surface area contributed by atoms with Gasteiger partial charge in [-0.25, -0.2) is 18.1 Å². The number of aromatic nitrogens is 1. The van der Waals surface area contributed by atoms with Crippen molar-refractivity contribution in [2.75, 3.05) is 45.2 Å². The summed E-state index contributed by atoms with van der Waals surface area (Å²) in [7, 11) is -1.85. The third kappa shape index (κ3) is 4.37. The number of nitrogens with zero attached hydrogens (tertiary/aromatic N) is 2. The highest BCUT2D eigenvalue weighted by Crippen LogP contribution is 2.12. The number of nitrogens with one attached hydrogen (secondary N) is 2. The lowest BCUT2D eigenvalue weighted by Crippen LogP contribution is -2.47. The highest BCUT2D eigenvalue weighted by molar-refractivity contribution is 7.89. The summed E-state index contributed by atoms with van der Waals surface area (Å²) in [5.41, 5.74) is 0. The van der Waals surface area contributed by atoms with Crippen molar-refractivity contribution in [1.29, 1.82) is 0 Å². The van der Waals surface area contributed by atoms with E-state index in [9.17, 15) is 8.42 Å². The molecule has 1 aromatic rings. The molecule has 118 valence electrons. The first-order valence-corrected chi connectivity index (χ1v) is 8.51. The number of rotatable bonds is 6. The fourth-order valence-electron chi connectivity index (χ4n) is 2.19. The van der Waals surface area contributed by atoms with Crippen LogP contribution in [0.25, 0.3) is 0 Å². The fraction of sp³-hybridized carbons (Fsp3) is 0.615. The Morgan fingerprint density at radius 1 is 1.52 bits per heavy atom. The summed E-state index contributed by atoms with van der Waals surface area (Å²) in [5, 5.41) is 2.82. The number of hydrogen-bond donors (Lipinski definition) is 2. The first kappa shape index (κ1) is 16.2. The zero-order valence-corrected chi connectivity index (χ0v) is 13.2. The van der Waals surface area contributed by atoms with Crippen LogP contribution in [0.4, 0.5) is 5.82 Å². The molecular formula is C13H22N4O3S. The second kappa shape index (κ2) is 7.17. The lowest BCUT2D eigenvalue weighted by molar-refractivity contribution is -0.0229. The Kier molecular flexibility index (Phi) is 5.51. The summed E-state index contributed by atoms with van der Waals surface area (Å²) < 4.78 is 32.7. The average molecular weight is 314 g/mol. The van der Waals surface area contributed by atoms with Crippen molar-refractivity contribution in [1.82, 2.24) is 14.6 Å². The standard InChI is InChI=1S/C13H22N4O3S/c1-3-17-6-7-20-11(10-17)9-16-21(18,19)12-4-5-15-13(8-12)14-2/h4-5,8,11,16H,3,6-7,9-10H2,1-2H3,(H,14,15). The van der Waals surface area contributed by atoms with Crippen LogP contribution in [0.15, 0.2) is 23.2 Å². The third-order valence-electron chi connectivity index (χ3n) is 3.47. The second-order valence-corrected chi connectivity index (χ2v) is 6.63. The molecule has 0 spiro atoms. The van der Waals surface area contributed by atoms with E-state index in [1.165, 1.54) is 18.3 Å². The summed E-state index contributed by atoms with van der Waals surface area (Å²) in [6, 6.07) is 2.98. The minimum absolute atomic E-state index is 0.112. The summed E-state index contributed by atoms with van der Waals surface area (Å²) in [5.74, 6) is 0.518. The Morgan fingerprint density at radius 3 is 3.05 bits per heavy atom. The largest absolute Gasteiger partial charge is 0.374 e. The van der Waals surface area contributed by atoms with E-state index in [1.54, 1.807) is 7.05 Å². The lowest BCUT2D eigenvalue weighted by Gasteiger charge is -2.32. The topological polar surface area (TPSA) is 83.6 Å². The maximum atomic E-state index is 12.3. The summed E-state index contributed by atoms with van der Waals surface area (Å²) in [6.07, 6.45) is 1.36. The van der Waals surface area contributed by atoms with Crippen LogP contribution in [0.2, 0.25) is 0 Å². The molecule has 21 heavy (non-hydrogen) atoms. The lowest BCUT2D eigenvalue weighted by atomic mass is 10.3. The molecule has 1 unspecified atom stereocenters. The van der Waals surface area contributed by atoms with Gasteiger partial charge in [0.15, 0.2) is 0 Å². The van der Waals surface area contributed by atoms with Crippen LogP contribution in [-0.2, 0) is 14.8 Å². The quantitative estimate of drug-likeness (QED) is 0.776. The zero-order chi connectivity index (χ0) is 15.3. The van der Waals surface area contributed by atoms with E-state index in [2.05, 4.69) is 26.8 Å². The van der Waals surface area contributed by atoms with E-state index < -0.39 is 10.0 Å².